The highest BCUT2D eigenvalue weighted by molar-refractivity contribution is 9.10. The van der Waals surface area contributed by atoms with Gasteiger partial charge < -0.3 is 5.11 Å². The van der Waals surface area contributed by atoms with Gasteiger partial charge >= 0.3 is 0 Å². The first kappa shape index (κ1) is 8.59. The first-order valence-corrected chi connectivity index (χ1v) is 5.07. The molecule has 0 aliphatic rings. The van der Waals surface area contributed by atoms with Gasteiger partial charge in [0.2, 0.25) is 0 Å². The molecule has 0 aromatic carbocycles. The highest BCUT2D eigenvalue weighted by atomic mass is 79.9. The molecule has 0 saturated heterocycles. The molecule has 1 atom stereocenters. The second-order valence-corrected chi connectivity index (χ2v) is 4.09. The molecular weight excluding hydrogens is 232 g/mol. The Bertz CT molecular complexity index is 211. The SMILES string of the molecule is OC(CS)c1cc(Br)cs1. The smallest absolute Gasteiger partial charge is 0.0969 e. The maximum absolute atomic E-state index is 9.26. The van der Waals surface area contributed by atoms with Crippen LogP contribution in [0.1, 0.15) is 11.0 Å². The Morgan fingerprint density at radius 3 is 2.90 bits per heavy atom. The van der Waals surface area contributed by atoms with Crippen LogP contribution in [0.2, 0.25) is 0 Å². The first-order chi connectivity index (χ1) is 4.74. The molecule has 0 bridgehead atoms. The summed E-state index contributed by atoms with van der Waals surface area (Å²) in [5.41, 5.74) is 0. The Morgan fingerprint density at radius 2 is 2.50 bits per heavy atom. The summed E-state index contributed by atoms with van der Waals surface area (Å²) in [6, 6.07) is 1.91. The quantitative estimate of drug-likeness (QED) is 0.759. The Kier molecular flexibility index (Phi) is 3.23. The van der Waals surface area contributed by atoms with Crippen molar-refractivity contribution in [2.45, 2.75) is 6.10 Å². The van der Waals surface area contributed by atoms with Crippen molar-refractivity contribution in [1.82, 2.24) is 0 Å². The summed E-state index contributed by atoms with van der Waals surface area (Å²) < 4.78 is 1.02. The summed E-state index contributed by atoms with van der Waals surface area (Å²) in [5.74, 6) is 0.479. The molecule has 0 fully saturated rings. The van der Waals surface area contributed by atoms with E-state index >= 15 is 0 Å². The fourth-order valence-electron chi connectivity index (χ4n) is 0.593. The number of halogens is 1. The lowest BCUT2D eigenvalue weighted by atomic mass is 10.3. The molecule has 4 heteroatoms. The number of aliphatic hydroxyl groups is 1. The van der Waals surface area contributed by atoms with Crippen LogP contribution in [-0.4, -0.2) is 10.9 Å². The number of hydrogen-bond acceptors (Lipinski definition) is 3. The fourth-order valence-corrected chi connectivity index (χ4v) is 2.34. The number of thiophene rings is 1. The lowest BCUT2D eigenvalue weighted by Gasteiger charge is -2.00. The van der Waals surface area contributed by atoms with Gasteiger partial charge in [0.1, 0.15) is 0 Å². The van der Waals surface area contributed by atoms with Crippen LogP contribution in [0.5, 0.6) is 0 Å². The molecule has 1 nitrogen and oxygen atoms in total. The molecule has 1 rings (SSSR count). The minimum Gasteiger partial charge on any atom is -0.387 e. The average molecular weight is 239 g/mol. The second kappa shape index (κ2) is 3.76. The predicted molar refractivity (Wildman–Crippen MR) is 50.8 cm³/mol. The van der Waals surface area contributed by atoms with Crippen LogP contribution in [0.15, 0.2) is 15.9 Å². The monoisotopic (exact) mass is 238 g/mol. The van der Waals surface area contributed by atoms with Gasteiger partial charge in [0.25, 0.3) is 0 Å². The van der Waals surface area contributed by atoms with Gasteiger partial charge in [-0.2, -0.15) is 12.6 Å². The van der Waals surface area contributed by atoms with Gasteiger partial charge in [-0.1, -0.05) is 0 Å². The van der Waals surface area contributed by atoms with Crippen LogP contribution in [0, 0.1) is 0 Å². The molecule has 1 aromatic rings. The molecule has 0 saturated carbocycles. The molecule has 0 amide bonds. The van der Waals surface area contributed by atoms with E-state index < -0.39 is 6.10 Å². The van der Waals surface area contributed by atoms with Gasteiger partial charge in [-0.25, -0.2) is 0 Å². The van der Waals surface area contributed by atoms with Crippen LogP contribution in [0.3, 0.4) is 0 Å². The molecule has 1 aromatic heterocycles. The van der Waals surface area contributed by atoms with Crippen molar-refractivity contribution in [3.8, 4) is 0 Å². The van der Waals surface area contributed by atoms with E-state index in [1.165, 1.54) is 11.3 Å². The van der Waals surface area contributed by atoms with Crippen molar-refractivity contribution in [3.05, 3.63) is 20.8 Å². The third-order valence-electron chi connectivity index (χ3n) is 1.09. The number of hydrogen-bond donors (Lipinski definition) is 2. The summed E-state index contributed by atoms with van der Waals surface area (Å²) in [6.45, 7) is 0. The van der Waals surface area contributed by atoms with Gasteiger partial charge in [0, 0.05) is 20.5 Å². The van der Waals surface area contributed by atoms with Crippen molar-refractivity contribution in [1.29, 1.82) is 0 Å². The normalized spacial score (nSPS) is 13.5. The van der Waals surface area contributed by atoms with Gasteiger partial charge in [-0.3, -0.25) is 0 Å². The minimum absolute atomic E-state index is 0.417. The highest BCUT2D eigenvalue weighted by Gasteiger charge is 2.06. The van der Waals surface area contributed by atoms with E-state index in [1.807, 2.05) is 11.4 Å². The maximum Gasteiger partial charge on any atom is 0.0969 e. The lowest BCUT2D eigenvalue weighted by molar-refractivity contribution is 0.208. The van der Waals surface area contributed by atoms with Crippen molar-refractivity contribution in [2.75, 3.05) is 5.75 Å². The van der Waals surface area contributed by atoms with E-state index in [2.05, 4.69) is 28.6 Å². The third-order valence-corrected chi connectivity index (χ3v) is 3.23. The van der Waals surface area contributed by atoms with Crippen molar-refractivity contribution >= 4 is 39.9 Å². The third kappa shape index (κ3) is 1.99. The Labute approximate surface area is 77.6 Å². The van der Waals surface area contributed by atoms with Crippen LogP contribution in [0.25, 0.3) is 0 Å². The topological polar surface area (TPSA) is 20.2 Å². The lowest BCUT2D eigenvalue weighted by Crippen LogP contribution is -1.93. The zero-order chi connectivity index (χ0) is 7.56. The molecule has 0 aliphatic heterocycles. The fraction of sp³-hybridized carbons (Fsp3) is 0.333. The zero-order valence-electron chi connectivity index (χ0n) is 5.12. The van der Waals surface area contributed by atoms with Gasteiger partial charge in [-0.05, 0) is 22.0 Å². The summed E-state index contributed by atoms with van der Waals surface area (Å²) in [4.78, 5) is 0.960. The van der Waals surface area contributed by atoms with E-state index in [0.29, 0.717) is 5.75 Å². The van der Waals surface area contributed by atoms with E-state index in [1.54, 1.807) is 0 Å². The summed E-state index contributed by atoms with van der Waals surface area (Å²) in [5, 5.41) is 11.2. The molecular formula is C6H7BrOS2. The molecule has 0 radical (unpaired) electrons. The summed E-state index contributed by atoms with van der Waals surface area (Å²) >= 11 is 8.82. The van der Waals surface area contributed by atoms with Gasteiger partial charge in [0.05, 0.1) is 6.10 Å². The molecule has 1 heterocycles. The molecule has 10 heavy (non-hydrogen) atoms. The van der Waals surface area contributed by atoms with Crippen molar-refractivity contribution < 1.29 is 5.11 Å². The largest absolute Gasteiger partial charge is 0.387 e. The average Bonchev–Trinajstić information content (AvgIpc) is 2.34. The predicted octanol–water partition coefficient (Wildman–Crippen LogP) is 2.47. The Hall–Kier alpha value is 0.490. The number of thiol groups is 1. The number of rotatable bonds is 2. The molecule has 1 N–H and O–H groups in total. The van der Waals surface area contributed by atoms with Gasteiger partial charge in [-0.15, -0.1) is 11.3 Å². The van der Waals surface area contributed by atoms with Crippen molar-refractivity contribution in [2.24, 2.45) is 0 Å². The molecule has 1 unspecified atom stereocenters. The minimum atomic E-state index is -0.417. The summed E-state index contributed by atoms with van der Waals surface area (Å²) in [7, 11) is 0. The van der Waals surface area contributed by atoms with E-state index in [0.717, 1.165) is 9.35 Å². The molecule has 56 valence electrons. The van der Waals surface area contributed by atoms with E-state index in [9.17, 15) is 5.11 Å². The molecule has 0 spiro atoms. The first-order valence-electron chi connectivity index (χ1n) is 2.77. The van der Waals surface area contributed by atoms with Gasteiger partial charge in [0.15, 0.2) is 0 Å². The Morgan fingerprint density at radius 1 is 1.80 bits per heavy atom. The van der Waals surface area contributed by atoms with E-state index in [-0.39, 0.29) is 0 Å². The van der Waals surface area contributed by atoms with Crippen LogP contribution in [-0.2, 0) is 0 Å². The highest BCUT2D eigenvalue weighted by Crippen LogP contribution is 2.25. The van der Waals surface area contributed by atoms with Crippen molar-refractivity contribution in [3.63, 3.8) is 0 Å². The Balaban J connectivity index is 2.74. The standard InChI is InChI=1S/C6H7BrOS2/c7-4-1-6(10-3-4)5(8)2-9/h1,3,5,8-9H,2H2. The zero-order valence-corrected chi connectivity index (χ0v) is 8.42. The second-order valence-electron chi connectivity index (χ2n) is 1.87. The van der Waals surface area contributed by atoms with E-state index in [4.69, 9.17) is 0 Å². The maximum atomic E-state index is 9.26. The number of aliphatic hydroxyl groups excluding tert-OH is 1. The van der Waals surface area contributed by atoms with Crippen LogP contribution in [0.4, 0.5) is 0 Å². The van der Waals surface area contributed by atoms with Crippen LogP contribution < -0.4 is 0 Å². The van der Waals surface area contributed by atoms with Crippen LogP contribution >= 0.6 is 39.9 Å². The summed E-state index contributed by atoms with van der Waals surface area (Å²) in [6.07, 6.45) is -0.417. The molecule has 0 aliphatic carbocycles.